The Morgan fingerprint density at radius 3 is 2.13 bits per heavy atom. The third kappa shape index (κ3) is 4.13. The highest BCUT2D eigenvalue weighted by atomic mass is 35.5. The van der Waals surface area contributed by atoms with Crippen molar-refractivity contribution >= 4 is 51.0 Å². The van der Waals surface area contributed by atoms with Gasteiger partial charge in [0.15, 0.2) is 5.43 Å². The van der Waals surface area contributed by atoms with E-state index in [4.69, 9.17) is 32.7 Å². The summed E-state index contributed by atoms with van der Waals surface area (Å²) in [6.07, 6.45) is 0. The van der Waals surface area contributed by atoms with Crippen molar-refractivity contribution in [1.82, 2.24) is 4.57 Å². The first-order chi connectivity index (χ1) is 14.5. The topological polar surface area (TPSA) is 57.5 Å². The molecule has 0 saturated heterocycles. The molecule has 5 nitrogen and oxygen atoms in total. The second-order valence-corrected chi connectivity index (χ2v) is 7.44. The van der Waals surface area contributed by atoms with E-state index in [2.05, 4.69) is 0 Å². The van der Waals surface area contributed by atoms with Gasteiger partial charge in [-0.15, -0.1) is 0 Å². The van der Waals surface area contributed by atoms with Crippen LogP contribution in [0.25, 0.3) is 21.8 Å². The third-order valence-corrected chi connectivity index (χ3v) is 5.19. The Morgan fingerprint density at radius 1 is 0.867 bits per heavy atom. The molecule has 1 aromatic heterocycles. The molecule has 0 amide bonds. The number of carbonyl (C=O) groups is 1. The van der Waals surface area contributed by atoms with Crippen molar-refractivity contribution in [3.8, 4) is 5.75 Å². The molecule has 4 aromatic rings. The number of halogens is 2. The average Bonchev–Trinajstić information content (AvgIpc) is 2.75. The molecular weight excluding hydrogens is 425 g/mol. The minimum absolute atomic E-state index is 0.0248. The third-order valence-electron chi connectivity index (χ3n) is 4.66. The van der Waals surface area contributed by atoms with Gasteiger partial charge in [-0.2, -0.15) is 0 Å². The summed E-state index contributed by atoms with van der Waals surface area (Å²) >= 11 is 11.9. The van der Waals surface area contributed by atoms with Crippen LogP contribution in [-0.4, -0.2) is 23.8 Å². The van der Waals surface area contributed by atoms with E-state index >= 15 is 0 Å². The lowest BCUT2D eigenvalue weighted by molar-refractivity contribution is -0.144. The molecule has 0 aliphatic heterocycles. The molecule has 1 heterocycles. The van der Waals surface area contributed by atoms with Gasteiger partial charge < -0.3 is 14.0 Å². The lowest BCUT2D eigenvalue weighted by Gasteiger charge is -2.15. The summed E-state index contributed by atoms with van der Waals surface area (Å²) in [7, 11) is 0. The van der Waals surface area contributed by atoms with Crippen LogP contribution in [0.5, 0.6) is 5.75 Å². The smallest absolute Gasteiger partial charge is 0.326 e. The largest absolute Gasteiger partial charge is 0.488 e. The van der Waals surface area contributed by atoms with E-state index in [9.17, 15) is 9.59 Å². The van der Waals surface area contributed by atoms with Gasteiger partial charge in [-0.25, -0.2) is 0 Å². The standard InChI is InChI=1S/C23H17Cl2NO4/c24-15-9-10-21(18(25)13-15)29-11-12-30-22(27)14-26-19-7-3-1-5-16(19)23(28)17-6-2-4-8-20(17)26/h1-10,13H,11-12,14H2. The van der Waals surface area contributed by atoms with Gasteiger partial charge in [0, 0.05) is 15.8 Å². The molecule has 0 fully saturated rings. The average molecular weight is 442 g/mol. The molecule has 30 heavy (non-hydrogen) atoms. The Labute approximate surface area is 182 Å². The van der Waals surface area contributed by atoms with Gasteiger partial charge >= 0.3 is 5.97 Å². The van der Waals surface area contributed by atoms with E-state index in [0.29, 0.717) is 37.6 Å². The molecule has 3 aromatic carbocycles. The van der Waals surface area contributed by atoms with Crippen molar-refractivity contribution in [3.05, 3.63) is 87.0 Å². The van der Waals surface area contributed by atoms with Gasteiger partial charge in [0.1, 0.15) is 25.5 Å². The number of pyridine rings is 1. The second kappa shape index (κ2) is 8.78. The van der Waals surface area contributed by atoms with Crippen molar-refractivity contribution in [2.24, 2.45) is 0 Å². The van der Waals surface area contributed by atoms with Crippen LogP contribution in [-0.2, 0) is 16.1 Å². The fourth-order valence-electron chi connectivity index (χ4n) is 3.32. The molecule has 4 rings (SSSR count). The highest BCUT2D eigenvalue weighted by Gasteiger charge is 2.13. The fourth-order valence-corrected chi connectivity index (χ4v) is 3.78. The maximum atomic E-state index is 12.8. The number of rotatable bonds is 6. The quantitative estimate of drug-likeness (QED) is 0.237. The van der Waals surface area contributed by atoms with Gasteiger partial charge in [-0.05, 0) is 42.5 Å². The van der Waals surface area contributed by atoms with Crippen LogP contribution in [0, 0.1) is 0 Å². The summed E-state index contributed by atoms with van der Waals surface area (Å²) in [4.78, 5) is 25.2. The molecule has 7 heteroatoms. The van der Waals surface area contributed by atoms with E-state index in [-0.39, 0.29) is 25.2 Å². The van der Waals surface area contributed by atoms with Crippen molar-refractivity contribution in [2.75, 3.05) is 13.2 Å². The normalized spacial score (nSPS) is 11.0. The van der Waals surface area contributed by atoms with Crippen LogP contribution in [0.2, 0.25) is 10.0 Å². The minimum Gasteiger partial charge on any atom is -0.488 e. The molecule has 0 bridgehead atoms. The van der Waals surface area contributed by atoms with Crippen LogP contribution in [0.15, 0.2) is 71.5 Å². The SMILES string of the molecule is O=C(Cn1c2ccccc2c(=O)c2ccccc21)OCCOc1ccc(Cl)cc1Cl. The number of ether oxygens (including phenoxy) is 2. The van der Waals surface area contributed by atoms with Crippen LogP contribution in [0.4, 0.5) is 0 Å². The first-order valence-corrected chi connectivity index (χ1v) is 10.0. The zero-order valence-corrected chi connectivity index (χ0v) is 17.3. The Hall–Kier alpha value is -3.02. The van der Waals surface area contributed by atoms with E-state index in [0.717, 1.165) is 0 Å². The zero-order valence-electron chi connectivity index (χ0n) is 15.8. The Balaban J connectivity index is 1.49. The van der Waals surface area contributed by atoms with Gasteiger partial charge in [-0.1, -0.05) is 47.5 Å². The van der Waals surface area contributed by atoms with E-state index < -0.39 is 5.97 Å². The summed E-state index contributed by atoms with van der Waals surface area (Å²) in [5.74, 6) is 0.0364. The Bertz CT molecular complexity index is 1240. The summed E-state index contributed by atoms with van der Waals surface area (Å²) in [5, 5.41) is 2.02. The van der Waals surface area contributed by atoms with E-state index in [1.54, 1.807) is 47.0 Å². The predicted molar refractivity (Wildman–Crippen MR) is 119 cm³/mol. The van der Waals surface area contributed by atoms with Gasteiger partial charge in [0.05, 0.1) is 16.1 Å². The predicted octanol–water partition coefficient (Wildman–Crippen LogP) is 5.08. The maximum absolute atomic E-state index is 12.8. The van der Waals surface area contributed by atoms with Gasteiger partial charge in [0.25, 0.3) is 0 Å². The second-order valence-electron chi connectivity index (χ2n) is 6.59. The molecule has 0 aliphatic rings. The Morgan fingerprint density at radius 2 is 1.50 bits per heavy atom. The van der Waals surface area contributed by atoms with Crippen molar-refractivity contribution in [3.63, 3.8) is 0 Å². The highest BCUT2D eigenvalue weighted by molar-refractivity contribution is 6.35. The number of carbonyl (C=O) groups excluding carboxylic acids is 1. The lowest BCUT2D eigenvalue weighted by atomic mass is 10.1. The first-order valence-electron chi connectivity index (χ1n) is 9.28. The Kier molecular flexibility index (Phi) is 5.93. The van der Waals surface area contributed by atoms with Crippen LogP contribution >= 0.6 is 23.2 Å². The van der Waals surface area contributed by atoms with Gasteiger partial charge in [-0.3, -0.25) is 9.59 Å². The molecule has 0 unspecified atom stereocenters. The molecule has 0 spiro atoms. The number of benzene rings is 3. The van der Waals surface area contributed by atoms with Gasteiger partial charge in [0.2, 0.25) is 0 Å². The fraction of sp³-hybridized carbons (Fsp3) is 0.130. The number of nitrogens with zero attached hydrogens (tertiary/aromatic N) is 1. The summed E-state index contributed by atoms with van der Waals surface area (Å²) < 4.78 is 12.7. The van der Waals surface area contributed by atoms with E-state index in [1.165, 1.54) is 0 Å². The van der Waals surface area contributed by atoms with Crippen LogP contribution in [0.1, 0.15) is 0 Å². The highest BCUT2D eigenvalue weighted by Crippen LogP contribution is 2.27. The van der Waals surface area contributed by atoms with Crippen LogP contribution < -0.4 is 10.2 Å². The number of aromatic nitrogens is 1. The van der Waals surface area contributed by atoms with Crippen molar-refractivity contribution < 1.29 is 14.3 Å². The number of esters is 1. The summed E-state index contributed by atoms with van der Waals surface area (Å²) in [6, 6.07) is 19.4. The molecule has 0 radical (unpaired) electrons. The summed E-state index contributed by atoms with van der Waals surface area (Å²) in [6.45, 7) is 0.190. The molecular formula is C23H17Cl2NO4. The molecule has 0 saturated carbocycles. The monoisotopic (exact) mass is 441 g/mol. The van der Waals surface area contributed by atoms with Crippen LogP contribution in [0.3, 0.4) is 0 Å². The maximum Gasteiger partial charge on any atom is 0.326 e. The lowest BCUT2D eigenvalue weighted by Crippen LogP contribution is -2.20. The minimum atomic E-state index is -0.431. The van der Waals surface area contributed by atoms with Crippen molar-refractivity contribution in [2.45, 2.75) is 6.54 Å². The van der Waals surface area contributed by atoms with E-state index in [1.807, 2.05) is 24.3 Å². The molecule has 0 aliphatic carbocycles. The zero-order chi connectivity index (χ0) is 21.1. The number of hydrogen-bond acceptors (Lipinski definition) is 4. The van der Waals surface area contributed by atoms with Crippen molar-refractivity contribution in [1.29, 1.82) is 0 Å². The molecule has 0 N–H and O–H groups in total. The molecule has 0 atom stereocenters. The number of hydrogen-bond donors (Lipinski definition) is 0. The first kappa shape index (κ1) is 20.3. The number of fused-ring (bicyclic) bond motifs is 2. The summed E-state index contributed by atoms with van der Waals surface area (Å²) in [5.41, 5.74) is 1.31. The number of para-hydroxylation sites is 2. The molecule has 152 valence electrons.